The van der Waals surface area contributed by atoms with E-state index < -0.39 is 0 Å². The van der Waals surface area contributed by atoms with Crippen molar-refractivity contribution in [2.45, 2.75) is 0 Å². The third-order valence-electron chi connectivity index (χ3n) is 0. The zero-order valence-electron chi connectivity index (χ0n) is 1.77. The fraction of sp³-hybridized carbons (Fsp3) is 0. The van der Waals surface area contributed by atoms with E-state index in [1.54, 1.807) is 0 Å². The summed E-state index contributed by atoms with van der Waals surface area (Å²) in [4.78, 5) is 0. The molecule has 0 bridgehead atoms. The van der Waals surface area contributed by atoms with Crippen LogP contribution in [-0.2, 0) is 37.9 Å². The van der Waals surface area contributed by atoms with Crippen LogP contribution in [0.25, 0.3) is 0 Å². The van der Waals surface area contributed by atoms with Crippen LogP contribution in [0, 0.1) is 0 Å². The molecule has 0 N–H and O–H groups in total. The molecule has 0 saturated heterocycles. The SMILES string of the molecule is [Cu].[Fe].[O]=[AlH]. The van der Waals surface area contributed by atoms with E-state index in [-0.39, 0.29) is 34.1 Å². The van der Waals surface area contributed by atoms with Crippen molar-refractivity contribution in [2.24, 2.45) is 0 Å². The van der Waals surface area contributed by atoms with E-state index in [2.05, 4.69) is 0 Å². The molecule has 0 saturated carbocycles. The van der Waals surface area contributed by atoms with Crippen LogP contribution in [0.3, 0.4) is 0 Å². The normalized spacial score (nSPS) is 0.750. The van der Waals surface area contributed by atoms with Crippen LogP contribution in [0.15, 0.2) is 0 Å². The molecule has 0 aromatic carbocycles. The first-order valence-electron chi connectivity index (χ1n) is 0.289. The summed E-state index contributed by atoms with van der Waals surface area (Å²) >= 11 is 0.611. The van der Waals surface area contributed by atoms with Gasteiger partial charge < -0.3 is 0 Å². The summed E-state index contributed by atoms with van der Waals surface area (Å²) in [7, 11) is 0. The van der Waals surface area contributed by atoms with Crippen molar-refractivity contribution < 1.29 is 37.9 Å². The summed E-state index contributed by atoms with van der Waals surface area (Å²) in [6, 6.07) is 0. The van der Waals surface area contributed by atoms with E-state index in [1.165, 1.54) is 0 Å². The molecule has 0 aliphatic carbocycles. The van der Waals surface area contributed by atoms with Crippen LogP contribution < -0.4 is 0 Å². The molecular formula is HAlCuFeO. The van der Waals surface area contributed by atoms with Gasteiger partial charge >= 0.3 is 20.0 Å². The minimum atomic E-state index is 0. The quantitative estimate of drug-likeness (QED) is 0.429. The fourth-order valence-corrected chi connectivity index (χ4v) is 0. The number of hydrogen-bond donors (Lipinski definition) is 0. The van der Waals surface area contributed by atoms with Gasteiger partial charge in [0, 0.05) is 34.1 Å². The maximum absolute atomic E-state index is 8.28. The third-order valence-corrected chi connectivity index (χ3v) is 0. The third kappa shape index (κ3) is 10.1. The molecule has 0 fully saturated rings. The molecule has 0 aromatic rings. The molecule has 4 heteroatoms. The zero-order valence-corrected chi connectivity index (χ0v) is 5.23. The molecule has 4 heavy (non-hydrogen) atoms. The molecule has 0 rings (SSSR count). The number of rotatable bonds is 0. The van der Waals surface area contributed by atoms with Crippen LogP contribution in [0.2, 0.25) is 0 Å². The topological polar surface area (TPSA) is 17.1 Å². The molecule has 0 aliphatic heterocycles. The van der Waals surface area contributed by atoms with Gasteiger partial charge in [-0.2, -0.15) is 0 Å². The Hall–Kier alpha value is 1.37. The summed E-state index contributed by atoms with van der Waals surface area (Å²) in [6.45, 7) is 0. The van der Waals surface area contributed by atoms with Crippen molar-refractivity contribution in [3.05, 3.63) is 0 Å². The van der Waals surface area contributed by atoms with E-state index in [1.807, 2.05) is 0 Å². The zero-order chi connectivity index (χ0) is 2.00. The minimum absolute atomic E-state index is 0. The molecule has 0 spiro atoms. The molecule has 0 atom stereocenters. The average Bonchev–Trinajstić information content (AvgIpc) is 1.00. The molecule has 0 unspecified atom stereocenters. The van der Waals surface area contributed by atoms with Gasteiger partial charge in [-0.05, 0) is 0 Å². The van der Waals surface area contributed by atoms with Crippen LogP contribution in [0.1, 0.15) is 0 Å². The van der Waals surface area contributed by atoms with E-state index in [0.717, 1.165) is 0 Å². The van der Waals surface area contributed by atoms with Crippen molar-refractivity contribution >= 4 is 16.2 Å². The first-order chi connectivity index (χ1) is 1.00. The average molecular weight is 163 g/mol. The Morgan fingerprint density at radius 3 is 1.25 bits per heavy atom. The molecule has 0 amide bonds. The molecule has 0 aromatic heterocycles. The standard InChI is InChI=1S/Al.Cu.Fe.O.H. The second-order valence-electron chi connectivity index (χ2n) is 0. The van der Waals surface area contributed by atoms with Gasteiger partial charge in [0.05, 0.1) is 0 Å². The molecule has 0 aliphatic rings. The van der Waals surface area contributed by atoms with Gasteiger partial charge in [0.1, 0.15) is 0 Å². The number of hydrogen-bond acceptors (Lipinski definition) is 1. The maximum atomic E-state index is 8.28. The van der Waals surface area contributed by atoms with Crippen molar-refractivity contribution in [1.29, 1.82) is 0 Å². The van der Waals surface area contributed by atoms with Crippen LogP contribution in [-0.4, -0.2) is 16.2 Å². The summed E-state index contributed by atoms with van der Waals surface area (Å²) in [5.41, 5.74) is 0. The Morgan fingerprint density at radius 2 is 1.25 bits per heavy atom. The summed E-state index contributed by atoms with van der Waals surface area (Å²) in [6.07, 6.45) is 0. The molecule has 1 radical (unpaired) electrons. The first-order valence-corrected chi connectivity index (χ1v) is 0.866. The summed E-state index contributed by atoms with van der Waals surface area (Å²) < 4.78 is 8.28. The second-order valence-corrected chi connectivity index (χ2v) is 0. The molecule has 1 nitrogen and oxygen atoms in total. The first kappa shape index (κ1) is 18.3. The second kappa shape index (κ2) is 26.4. The van der Waals surface area contributed by atoms with E-state index in [0.29, 0.717) is 16.2 Å². The fourth-order valence-electron chi connectivity index (χ4n) is 0. The van der Waals surface area contributed by atoms with Crippen molar-refractivity contribution in [3.63, 3.8) is 0 Å². The Kier molecular flexibility index (Phi) is 121. The van der Waals surface area contributed by atoms with Gasteiger partial charge in [-0.15, -0.1) is 0 Å². The Bertz CT molecular complexity index is 8.00. The van der Waals surface area contributed by atoms with Crippen molar-refractivity contribution in [3.8, 4) is 0 Å². The van der Waals surface area contributed by atoms with Gasteiger partial charge in [-0.3, -0.25) is 0 Å². The Labute approximate surface area is 54.1 Å². The van der Waals surface area contributed by atoms with Gasteiger partial charge in [-0.25, -0.2) is 0 Å². The van der Waals surface area contributed by atoms with Crippen LogP contribution in [0.4, 0.5) is 0 Å². The van der Waals surface area contributed by atoms with Crippen LogP contribution in [0.5, 0.6) is 0 Å². The summed E-state index contributed by atoms with van der Waals surface area (Å²) in [5.74, 6) is 0. The van der Waals surface area contributed by atoms with Crippen molar-refractivity contribution in [2.75, 3.05) is 0 Å². The molecule has 0 heterocycles. The van der Waals surface area contributed by atoms with Crippen LogP contribution >= 0.6 is 0 Å². The molecular weight excluding hydrogens is 162 g/mol. The van der Waals surface area contributed by atoms with E-state index >= 15 is 0 Å². The van der Waals surface area contributed by atoms with Gasteiger partial charge in [0.2, 0.25) is 0 Å². The van der Waals surface area contributed by atoms with Gasteiger partial charge in [0.25, 0.3) is 0 Å². The Balaban J connectivity index is -0.00000000500. The van der Waals surface area contributed by atoms with Gasteiger partial charge in [-0.1, -0.05) is 0 Å². The van der Waals surface area contributed by atoms with Gasteiger partial charge in [0.15, 0.2) is 0 Å². The van der Waals surface area contributed by atoms with Crippen molar-refractivity contribution in [1.82, 2.24) is 0 Å². The Morgan fingerprint density at radius 1 is 1.25 bits per heavy atom. The predicted octanol–water partition coefficient (Wildman–Crippen LogP) is -0.772. The van der Waals surface area contributed by atoms with E-state index in [4.69, 9.17) is 3.80 Å². The molecule has 29 valence electrons. The predicted molar refractivity (Wildman–Crippen MR) is 7.84 cm³/mol. The summed E-state index contributed by atoms with van der Waals surface area (Å²) in [5, 5.41) is 0. The monoisotopic (exact) mass is 163 g/mol. The van der Waals surface area contributed by atoms with E-state index in [9.17, 15) is 0 Å².